The van der Waals surface area contributed by atoms with Crippen LogP contribution in [-0.2, 0) is 20.7 Å². The van der Waals surface area contributed by atoms with Crippen LogP contribution < -0.4 is 5.32 Å². The van der Waals surface area contributed by atoms with Crippen LogP contribution in [0.1, 0.15) is 22.8 Å². The molecule has 7 heteroatoms. The fraction of sp³-hybridized carbons (Fsp3) is 0.167. The van der Waals surface area contributed by atoms with E-state index in [0.717, 1.165) is 0 Å². The molecule has 0 aliphatic rings. The minimum absolute atomic E-state index is 0.0106. The van der Waals surface area contributed by atoms with Gasteiger partial charge in [0.25, 0.3) is 5.91 Å². The number of ether oxygens (including phenoxy) is 1. The molecule has 0 radical (unpaired) electrons. The topological polar surface area (TPSA) is 72.5 Å². The van der Waals surface area contributed by atoms with Crippen LogP contribution in [0.15, 0.2) is 42.5 Å². The van der Waals surface area contributed by atoms with Gasteiger partial charge in [-0.3, -0.25) is 14.4 Å². The van der Waals surface area contributed by atoms with Crippen molar-refractivity contribution in [3.63, 3.8) is 0 Å². The summed E-state index contributed by atoms with van der Waals surface area (Å²) in [5, 5.41) is 2.60. The lowest BCUT2D eigenvalue weighted by atomic mass is 10.1. The van der Waals surface area contributed by atoms with Crippen molar-refractivity contribution in [2.75, 3.05) is 11.9 Å². The number of rotatable bonds is 6. The zero-order valence-electron chi connectivity index (χ0n) is 13.3. The zero-order chi connectivity index (χ0) is 18.4. The van der Waals surface area contributed by atoms with Gasteiger partial charge in [-0.15, -0.1) is 0 Å². The third-order valence-corrected chi connectivity index (χ3v) is 3.68. The first-order valence-electron chi connectivity index (χ1n) is 7.37. The molecule has 2 rings (SSSR count). The van der Waals surface area contributed by atoms with E-state index < -0.39 is 24.3 Å². The number of carbonyl (C=O) groups is 3. The van der Waals surface area contributed by atoms with Gasteiger partial charge in [-0.25, -0.2) is 4.39 Å². The van der Waals surface area contributed by atoms with E-state index in [4.69, 9.17) is 16.3 Å². The van der Waals surface area contributed by atoms with E-state index in [1.807, 2.05) is 0 Å². The normalized spacial score (nSPS) is 10.2. The van der Waals surface area contributed by atoms with Gasteiger partial charge in [-0.05, 0) is 31.2 Å². The highest BCUT2D eigenvalue weighted by molar-refractivity contribution is 6.31. The molecule has 0 saturated carbocycles. The molecular formula is C18H15ClFNO4. The fourth-order valence-corrected chi connectivity index (χ4v) is 2.36. The summed E-state index contributed by atoms with van der Waals surface area (Å²) in [6.45, 7) is 0.820. The molecule has 1 amide bonds. The van der Waals surface area contributed by atoms with Crippen molar-refractivity contribution >= 4 is 34.9 Å². The summed E-state index contributed by atoms with van der Waals surface area (Å²) < 4.78 is 18.4. The van der Waals surface area contributed by atoms with Gasteiger partial charge in [0.1, 0.15) is 5.82 Å². The highest BCUT2D eigenvalue weighted by Crippen LogP contribution is 2.20. The first-order chi connectivity index (χ1) is 11.9. The molecule has 25 heavy (non-hydrogen) atoms. The number of anilines is 1. The molecule has 0 aliphatic heterocycles. The van der Waals surface area contributed by atoms with Gasteiger partial charge in [0.2, 0.25) is 0 Å². The van der Waals surface area contributed by atoms with Crippen LogP contribution in [-0.4, -0.2) is 24.3 Å². The first-order valence-corrected chi connectivity index (χ1v) is 7.74. The minimum Gasteiger partial charge on any atom is -0.455 e. The van der Waals surface area contributed by atoms with Gasteiger partial charge in [0.15, 0.2) is 12.4 Å². The van der Waals surface area contributed by atoms with E-state index in [2.05, 4.69) is 5.32 Å². The number of hydrogen-bond donors (Lipinski definition) is 1. The summed E-state index contributed by atoms with van der Waals surface area (Å²) in [6, 6.07) is 10.5. The molecule has 0 heterocycles. The Labute approximate surface area is 148 Å². The molecule has 1 N–H and O–H groups in total. The summed E-state index contributed by atoms with van der Waals surface area (Å²) in [5.74, 6) is -2.23. The number of nitrogens with one attached hydrogen (secondary N) is 1. The molecule has 2 aromatic rings. The monoisotopic (exact) mass is 363 g/mol. The highest BCUT2D eigenvalue weighted by atomic mass is 35.5. The van der Waals surface area contributed by atoms with Crippen molar-refractivity contribution in [1.82, 2.24) is 0 Å². The lowest BCUT2D eigenvalue weighted by molar-refractivity contribution is -0.146. The number of esters is 1. The number of halogens is 2. The third kappa shape index (κ3) is 5.12. The van der Waals surface area contributed by atoms with Crippen LogP contribution >= 0.6 is 11.6 Å². The summed E-state index contributed by atoms with van der Waals surface area (Å²) in [4.78, 5) is 35.1. The summed E-state index contributed by atoms with van der Waals surface area (Å²) in [5.41, 5.74) is 0.685. The Balaban J connectivity index is 1.92. The van der Waals surface area contributed by atoms with Gasteiger partial charge in [-0.1, -0.05) is 29.8 Å². The van der Waals surface area contributed by atoms with Gasteiger partial charge in [0.05, 0.1) is 12.1 Å². The van der Waals surface area contributed by atoms with E-state index in [9.17, 15) is 18.8 Å². The number of benzene rings is 2. The van der Waals surface area contributed by atoms with E-state index >= 15 is 0 Å². The van der Waals surface area contributed by atoms with E-state index in [0.29, 0.717) is 11.3 Å². The molecule has 0 atom stereocenters. The number of amides is 1. The van der Waals surface area contributed by atoms with E-state index in [-0.39, 0.29) is 22.8 Å². The molecule has 0 unspecified atom stereocenters. The maximum absolute atomic E-state index is 13.6. The number of carbonyl (C=O) groups excluding carboxylic acids is 3. The maximum atomic E-state index is 13.6. The van der Waals surface area contributed by atoms with Crippen LogP contribution in [0.5, 0.6) is 0 Å². The van der Waals surface area contributed by atoms with Gasteiger partial charge >= 0.3 is 5.97 Å². The molecule has 2 aromatic carbocycles. The van der Waals surface area contributed by atoms with Crippen molar-refractivity contribution in [3.05, 3.63) is 64.4 Å². The average molecular weight is 364 g/mol. The van der Waals surface area contributed by atoms with Crippen molar-refractivity contribution in [2.24, 2.45) is 0 Å². The zero-order valence-corrected chi connectivity index (χ0v) is 14.1. The second-order valence-electron chi connectivity index (χ2n) is 5.19. The number of hydrogen-bond acceptors (Lipinski definition) is 4. The van der Waals surface area contributed by atoms with Crippen LogP contribution in [0.25, 0.3) is 0 Å². The number of ketones is 1. The number of para-hydroxylation sites is 1. The smallest absolute Gasteiger partial charge is 0.310 e. The van der Waals surface area contributed by atoms with Crippen molar-refractivity contribution in [2.45, 2.75) is 13.3 Å². The lowest BCUT2D eigenvalue weighted by Gasteiger charge is -2.10. The Kier molecular flexibility index (Phi) is 6.25. The van der Waals surface area contributed by atoms with Gasteiger partial charge < -0.3 is 10.1 Å². The Morgan fingerprint density at radius 1 is 1.12 bits per heavy atom. The van der Waals surface area contributed by atoms with Crippen LogP contribution in [0.4, 0.5) is 10.1 Å². The molecule has 5 nitrogen and oxygen atoms in total. The number of Topliss-reactive ketones (excluding diaryl/α,β-unsaturated/α-hetero) is 1. The molecule has 0 fully saturated rings. The highest BCUT2D eigenvalue weighted by Gasteiger charge is 2.15. The predicted molar refractivity (Wildman–Crippen MR) is 91.1 cm³/mol. The van der Waals surface area contributed by atoms with Crippen LogP contribution in [0, 0.1) is 5.82 Å². The second kappa shape index (κ2) is 8.39. The van der Waals surface area contributed by atoms with Crippen LogP contribution in [0.2, 0.25) is 5.02 Å². The first kappa shape index (κ1) is 18.6. The summed E-state index contributed by atoms with van der Waals surface area (Å²) in [7, 11) is 0. The Morgan fingerprint density at radius 2 is 1.84 bits per heavy atom. The second-order valence-corrected chi connectivity index (χ2v) is 5.59. The fourth-order valence-electron chi connectivity index (χ4n) is 2.13. The molecule has 130 valence electrons. The molecule has 0 spiro atoms. The molecular weight excluding hydrogens is 349 g/mol. The molecule has 0 saturated heterocycles. The SMILES string of the molecule is CC(=O)c1ccccc1NC(=O)COC(=O)Cc1c(F)cccc1Cl. The van der Waals surface area contributed by atoms with Crippen LogP contribution in [0.3, 0.4) is 0 Å². The Bertz CT molecular complexity index is 802. The van der Waals surface area contributed by atoms with E-state index in [1.165, 1.54) is 25.1 Å². The van der Waals surface area contributed by atoms with Crippen molar-refractivity contribution < 1.29 is 23.5 Å². The Hall–Kier alpha value is -2.73. The summed E-state index contributed by atoms with van der Waals surface area (Å²) >= 11 is 5.83. The summed E-state index contributed by atoms with van der Waals surface area (Å²) in [6.07, 6.45) is -0.386. The van der Waals surface area contributed by atoms with Crippen molar-refractivity contribution in [1.29, 1.82) is 0 Å². The van der Waals surface area contributed by atoms with Gasteiger partial charge in [0, 0.05) is 16.1 Å². The quantitative estimate of drug-likeness (QED) is 0.630. The molecule has 0 aliphatic carbocycles. The standard InChI is InChI=1S/C18H15ClFNO4/c1-11(22)12-5-2-3-8-16(12)21-17(23)10-25-18(24)9-13-14(19)6-4-7-15(13)20/h2-8H,9-10H2,1H3,(H,21,23). The average Bonchev–Trinajstić information content (AvgIpc) is 2.57. The Morgan fingerprint density at radius 3 is 2.52 bits per heavy atom. The van der Waals surface area contributed by atoms with E-state index in [1.54, 1.807) is 24.3 Å². The minimum atomic E-state index is -0.790. The maximum Gasteiger partial charge on any atom is 0.310 e. The largest absolute Gasteiger partial charge is 0.455 e. The molecule has 0 aromatic heterocycles. The third-order valence-electron chi connectivity index (χ3n) is 3.33. The van der Waals surface area contributed by atoms with Gasteiger partial charge in [-0.2, -0.15) is 0 Å². The predicted octanol–water partition coefficient (Wildman–Crippen LogP) is 3.41. The van der Waals surface area contributed by atoms with Crippen molar-refractivity contribution in [3.8, 4) is 0 Å². The lowest BCUT2D eigenvalue weighted by Crippen LogP contribution is -2.22. The molecule has 0 bridgehead atoms.